The van der Waals surface area contributed by atoms with Gasteiger partial charge in [0.15, 0.2) is 16.9 Å². The van der Waals surface area contributed by atoms with Gasteiger partial charge in [0.1, 0.15) is 5.82 Å². The number of nitrogens with zero attached hydrogens (tertiary/aromatic N) is 3. The third kappa shape index (κ3) is 6.12. The third-order valence-electron chi connectivity index (χ3n) is 5.99. The first-order chi connectivity index (χ1) is 18.6. The summed E-state index contributed by atoms with van der Waals surface area (Å²) >= 11 is 6.08. The van der Waals surface area contributed by atoms with E-state index in [2.05, 4.69) is 34.5 Å². The van der Waals surface area contributed by atoms with Gasteiger partial charge in [-0.05, 0) is 48.7 Å². The summed E-state index contributed by atoms with van der Waals surface area (Å²) in [6.07, 6.45) is 0.218. The lowest BCUT2D eigenvalue weighted by atomic mass is 10.1. The maximum absolute atomic E-state index is 12.2. The number of ether oxygens (including phenoxy) is 1. The number of carbonyl (C=O) groups excluding carboxylic acids is 1. The number of benzene rings is 3. The quantitative estimate of drug-likeness (QED) is 0.216. The average Bonchev–Trinajstić information content (AvgIpc) is 3.36. The molecule has 0 aliphatic rings. The fourth-order valence-electron chi connectivity index (χ4n) is 4.16. The minimum absolute atomic E-state index is 0.251. The van der Waals surface area contributed by atoms with Crippen molar-refractivity contribution in [1.82, 2.24) is 9.97 Å². The van der Waals surface area contributed by atoms with Gasteiger partial charge in [-0.15, -0.1) is 0 Å². The number of fused-ring (bicyclic) bond motifs is 1. The summed E-state index contributed by atoms with van der Waals surface area (Å²) in [5.41, 5.74) is 4.23. The van der Waals surface area contributed by atoms with Crippen LogP contribution >= 0.6 is 11.6 Å². The molecule has 192 valence electrons. The number of hydrogen-bond donors (Lipinski definition) is 1. The Kier molecular flexibility index (Phi) is 7.85. The molecular weight excluding hydrogens is 500 g/mol. The maximum atomic E-state index is 12.2. The van der Waals surface area contributed by atoms with Crippen molar-refractivity contribution in [1.29, 1.82) is 0 Å². The number of pyridine rings is 1. The molecule has 0 aliphatic carbocycles. The number of anilines is 2. The lowest BCUT2D eigenvalue weighted by Gasteiger charge is -2.24. The fraction of sp³-hybridized carbons (Fsp3) is 0.167. The topological polar surface area (TPSA) is 80.5 Å². The Morgan fingerprint density at radius 2 is 1.63 bits per heavy atom. The van der Waals surface area contributed by atoms with Gasteiger partial charge in [-0.3, -0.25) is 5.32 Å². The molecule has 2 aromatic heterocycles. The highest BCUT2D eigenvalue weighted by Gasteiger charge is 2.21. The van der Waals surface area contributed by atoms with E-state index >= 15 is 0 Å². The number of amides is 1. The minimum Gasteiger partial charge on any atom is -0.450 e. The van der Waals surface area contributed by atoms with Crippen LogP contribution in [0.3, 0.4) is 0 Å². The van der Waals surface area contributed by atoms with Crippen LogP contribution in [0.25, 0.3) is 22.6 Å². The lowest BCUT2D eigenvalue weighted by molar-refractivity contribution is 0.168. The van der Waals surface area contributed by atoms with E-state index in [4.69, 9.17) is 30.7 Å². The van der Waals surface area contributed by atoms with E-state index < -0.39 is 6.09 Å². The van der Waals surface area contributed by atoms with Crippen LogP contribution < -0.4 is 10.2 Å². The van der Waals surface area contributed by atoms with E-state index in [0.29, 0.717) is 46.7 Å². The number of oxazole rings is 1. The number of hydrogen-bond acceptors (Lipinski definition) is 6. The van der Waals surface area contributed by atoms with Gasteiger partial charge in [0.25, 0.3) is 0 Å². The van der Waals surface area contributed by atoms with Crippen LogP contribution in [0.1, 0.15) is 18.1 Å². The van der Waals surface area contributed by atoms with Crippen LogP contribution in [-0.4, -0.2) is 29.2 Å². The summed E-state index contributed by atoms with van der Waals surface area (Å²) in [7, 11) is 0. The molecule has 0 bridgehead atoms. The predicted molar refractivity (Wildman–Crippen MR) is 151 cm³/mol. The maximum Gasteiger partial charge on any atom is 0.412 e. The normalized spacial score (nSPS) is 10.9. The smallest absolute Gasteiger partial charge is 0.412 e. The highest BCUT2D eigenvalue weighted by molar-refractivity contribution is 6.30. The Hall–Kier alpha value is -4.36. The second-order valence-electron chi connectivity index (χ2n) is 8.69. The largest absolute Gasteiger partial charge is 0.450 e. The van der Waals surface area contributed by atoms with Crippen molar-refractivity contribution in [3.8, 4) is 11.5 Å². The lowest BCUT2D eigenvalue weighted by Crippen LogP contribution is -2.27. The molecule has 0 atom stereocenters. The molecule has 38 heavy (non-hydrogen) atoms. The Morgan fingerprint density at radius 3 is 2.32 bits per heavy atom. The highest BCUT2D eigenvalue weighted by Crippen LogP contribution is 2.33. The first kappa shape index (κ1) is 25.3. The van der Waals surface area contributed by atoms with E-state index in [-0.39, 0.29) is 6.61 Å². The number of halogens is 1. The van der Waals surface area contributed by atoms with Crippen molar-refractivity contribution in [2.45, 2.75) is 19.9 Å². The van der Waals surface area contributed by atoms with Crippen molar-refractivity contribution in [2.24, 2.45) is 0 Å². The number of aromatic nitrogens is 2. The second-order valence-corrected chi connectivity index (χ2v) is 9.13. The molecule has 5 rings (SSSR count). The Labute approximate surface area is 226 Å². The van der Waals surface area contributed by atoms with Gasteiger partial charge in [0, 0.05) is 29.7 Å². The molecule has 0 saturated heterocycles. The molecule has 0 unspecified atom stereocenters. The standard InChI is InChI=1S/C30H27ClN4O3/c1-2-37-30(36)33-26-19-25-27(34-29(38-25)23-13-15-24(31)16-14-23)28(32-26)35(20-22-11-7-4-8-12-22)18-17-21-9-5-3-6-10-21/h3-16,19H,2,17-18,20H2,1H3,(H,32,33,36). The predicted octanol–water partition coefficient (Wildman–Crippen LogP) is 7.36. The summed E-state index contributed by atoms with van der Waals surface area (Å²) in [6, 6.07) is 29.4. The van der Waals surface area contributed by atoms with E-state index in [1.54, 1.807) is 25.1 Å². The molecule has 0 radical (unpaired) electrons. The number of carbonyl (C=O) groups is 1. The SMILES string of the molecule is CCOC(=O)Nc1cc2oc(-c3ccc(Cl)cc3)nc2c(N(CCc2ccccc2)Cc2ccccc2)n1. The molecule has 0 saturated carbocycles. The molecule has 1 amide bonds. The van der Waals surface area contributed by atoms with Crippen LogP contribution in [0, 0.1) is 0 Å². The van der Waals surface area contributed by atoms with Gasteiger partial charge in [-0.25, -0.2) is 14.8 Å². The summed E-state index contributed by atoms with van der Waals surface area (Å²) < 4.78 is 11.2. The van der Waals surface area contributed by atoms with Gasteiger partial charge in [0.05, 0.1) is 6.61 Å². The average molecular weight is 527 g/mol. The second kappa shape index (κ2) is 11.8. The zero-order valence-electron chi connectivity index (χ0n) is 20.9. The van der Waals surface area contributed by atoms with Crippen molar-refractivity contribution >= 4 is 40.4 Å². The zero-order valence-corrected chi connectivity index (χ0v) is 21.7. The van der Waals surface area contributed by atoms with Crippen molar-refractivity contribution in [2.75, 3.05) is 23.4 Å². The summed E-state index contributed by atoms with van der Waals surface area (Å²) in [6.45, 7) is 3.28. The van der Waals surface area contributed by atoms with E-state index in [1.165, 1.54) is 5.56 Å². The van der Waals surface area contributed by atoms with Crippen LogP contribution in [0.15, 0.2) is 95.4 Å². The monoisotopic (exact) mass is 526 g/mol. The van der Waals surface area contributed by atoms with Gasteiger partial charge in [-0.2, -0.15) is 0 Å². The minimum atomic E-state index is -0.582. The van der Waals surface area contributed by atoms with Crippen molar-refractivity contribution < 1.29 is 13.9 Å². The molecule has 8 heteroatoms. The van der Waals surface area contributed by atoms with E-state index in [0.717, 1.165) is 17.5 Å². The Bertz CT molecular complexity index is 1510. The number of rotatable bonds is 9. The van der Waals surface area contributed by atoms with E-state index in [9.17, 15) is 4.79 Å². The fourth-order valence-corrected chi connectivity index (χ4v) is 4.28. The number of nitrogens with one attached hydrogen (secondary N) is 1. The van der Waals surface area contributed by atoms with Crippen molar-refractivity contribution in [3.05, 3.63) is 107 Å². The summed E-state index contributed by atoms with van der Waals surface area (Å²) in [5.74, 6) is 1.37. The molecule has 2 heterocycles. The van der Waals surface area contributed by atoms with E-state index in [1.807, 2.05) is 48.5 Å². The van der Waals surface area contributed by atoms with Gasteiger partial charge in [0.2, 0.25) is 5.89 Å². The molecular formula is C30H27ClN4O3. The molecule has 0 spiro atoms. The summed E-state index contributed by atoms with van der Waals surface area (Å²) in [5, 5.41) is 3.35. The molecule has 3 aromatic carbocycles. The molecule has 7 nitrogen and oxygen atoms in total. The third-order valence-corrected chi connectivity index (χ3v) is 6.24. The van der Waals surface area contributed by atoms with Gasteiger partial charge < -0.3 is 14.1 Å². The summed E-state index contributed by atoms with van der Waals surface area (Å²) in [4.78, 5) is 24.1. The molecule has 1 N–H and O–H groups in total. The van der Waals surface area contributed by atoms with Crippen LogP contribution in [0.2, 0.25) is 5.02 Å². The molecule has 0 aliphatic heterocycles. The Balaban J connectivity index is 1.59. The first-order valence-electron chi connectivity index (χ1n) is 12.4. The Morgan fingerprint density at radius 1 is 0.947 bits per heavy atom. The first-order valence-corrected chi connectivity index (χ1v) is 12.8. The van der Waals surface area contributed by atoms with Crippen LogP contribution in [-0.2, 0) is 17.7 Å². The van der Waals surface area contributed by atoms with Gasteiger partial charge >= 0.3 is 6.09 Å². The highest BCUT2D eigenvalue weighted by atomic mass is 35.5. The van der Waals surface area contributed by atoms with Crippen LogP contribution in [0.5, 0.6) is 0 Å². The van der Waals surface area contributed by atoms with Crippen LogP contribution in [0.4, 0.5) is 16.4 Å². The van der Waals surface area contributed by atoms with Gasteiger partial charge in [-0.1, -0.05) is 72.3 Å². The zero-order chi connectivity index (χ0) is 26.3. The van der Waals surface area contributed by atoms with Crippen molar-refractivity contribution in [3.63, 3.8) is 0 Å². The molecule has 0 fully saturated rings. The molecule has 5 aromatic rings.